The Labute approximate surface area is 200 Å². The third-order valence-corrected chi connectivity index (χ3v) is 8.30. The molecule has 0 spiro atoms. The number of amides is 1. The van der Waals surface area contributed by atoms with Gasteiger partial charge in [-0.25, -0.2) is 8.42 Å². The fourth-order valence-corrected chi connectivity index (χ4v) is 7.43. The van der Waals surface area contributed by atoms with Crippen molar-refractivity contribution in [3.63, 3.8) is 0 Å². The van der Waals surface area contributed by atoms with Crippen molar-refractivity contribution in [3.8, 4) is 0 Å². The molecule has 2 aromatic rings. The van der Waals surface area contributed by atoms with Crippen LogP contribution in [0.25, 0.3) is 0 Å². The van der Waals surface area contributed by atoms with Gasteiger partial charge >= 0.3 is 0 Å². The van der Waals surface area contributed by atoms with E-state index in [-0.39, 0.29) is 29.3 Å². The highest BCUT2D eigenvalue weighted by Gasteiger charge is 2.44. The number of nitrogens with zero attached hydrogens (tertiary/aromatic N) is 2. The Hall–Kier alpha value is -1.55. The van der Waals surface area contributed by atoms with E-state index in [1.165, 1.54) is 4.31 Å². The topological polar surface area (TPSA) is 79.4 Å². The molecule has 0 saturated carbocycles. The molecule has 2 heterocycles. The molecule has 31 heavy (non-hydrogen) atoms. The summed E-state index contributed by atoms with van der Waals surface area (Å²) < 4.78 is 30.2. The van der Waals surface area contributed by atoms with E-state index in [0.717, 1.165) is 6.42 Å². The SMILES string of the molecule is C=C[C@@H](C)[C@@H]1CCCC(C(=O)NCc2ccccn2)N1S(=O)(=O)c1cc(Br)cc(Br)c1. The lowest BCUT2D eigenvalue weighted by molar-refractivity contribution is -0.126. The normalized spacial score (nSPS) is 20.7. The summed E-state index contributed by atoms with van der Waals surface area (Å²) in [6.45, 7) is 6.03. The number of sulfonamides is 1. The molecular formula is C22H25Br2N3O3S. The molecule has 0 bridgehead atoms. The Morgan fingerprint density at radius 2 is 2.00 bits per heavy atom. The number of rotatable bonds is 7. The number of halogens is 2. The summed E-state index contributed by atoms with van der Waals surface area (Å²) in [6.07, 6.45) is 5.30. The van der Waals surface area contributed by atoms with Gasteiger partial charge in [0.15, 0.2) is 0 Å². The smallest absolute Gasteiger partial charge is 0.244 e. The second-order valence-electron chi connectivity index (χ2n) is 7.59. The largest absolute Gasteiger partial charge is 0.349 e. The lowest BCUT2D eigenvalue weighted by Crippen LogP contribution is -2.57. The number of nitrogens with one attached hydrogen (secondary N) is 1. The zero-order chi connectivity index (χ0) is 22.6. The summed E-state index contributed by atoms with van der Waals surface area (Å²) in [7, 11) is -3.94. The van der Waals surface area contributed by atoms with Crippen LogP contribution in [0.4, 0.5) is 0 Å². The van der Waals surface area contributed by atoms with E-state index in [0.29, 0.717) is 27.5 Å². The first-order valence-corrected chi connectivity index (χ1v) is 13.1. The van der Waals surface area contributed by atoms with Gasteiger partial charge in [-0.2, -0.15) is 4.31 Å². The number of carbonyl (C=O) groups is 1. The maximum atomic E-state index is 13.8. The van der Waals surface area contributed by atoms with Crippen molar-refractivity contribution in [2.75, 3.05) is 0 Å². The molecule has 1 aromatic heterocycles. The van der Waals surface area contributed by atoms with Crippen molar-refractivity contribution in [1.29, 1.82) is 0 Å². The van der Waals surface area contributed by atoms with Gasteiger partial charge in [-0.05, 0) is 55.5 Å². The van der Waals surface area contributed by atoms with Gasteiger partial charge in [0, 0.05) is 21.2 Å². The fourth-order valence-electron chi connectivity index (χ4n) is 3.85. The molecule has 1 amide bonds. The number of piperidine rings is 1. The minimum atomic E-state index is -3.94. The Morgan fingerprint density at radius 3 is 2.61 bits per heavy atom. The summed E-state index contributed by atoms with van der Waals surface area (Å²) in [5, 5.41) is 2.87. The third kappa shape index (κ3) is 5.63. The van der Waals surface area contributed by atoms with Crippen LogP contribution in [-0.2, 0) is 21.4 Å². The average Bonchev–Trinajstić information content (AvgIpc) is 2.76. The van der Waals surface area contributed by atoms with Crippen molar-refractivity contribution in [2.24, 2.45) is 5.92 Å². The molecule has 1 unspecified atom stereocenters. The monoisotopic (exact) mass is 569 g/mol. The lowest BCUT2D eigenvalue weighted by atomic mass is 9.90. The first kappa shape index (κ1) is 24.1. The maximum absolute atomic E-state index is 13.8. The molecule has 166 valence electrons. The summed E-state index contributed by atoms with van der Waals surface area (Å²) in [5.74, 6) is -0.416. The van der Waals surface area contributed by atoms with E-state index in [1.54, 1.807) is 36.5 Å². The van der Waals surface area contributed by atoms with Gasteiger partial charge in [-0.1, -0.05) is 50.9 Å². The van der Waals surface area contributed by atoms with Crippen LogP contribution in [0.3, 0.4) is 0 Å². The quantitative estimate of drug-likeness (QED) is 0.491. The lowest BCUT2D eigenvalue weighted by Gasteiger charge is -2.42. The molecular weight excluding hydrogens is 546 g/mol. The van der Waals surface area contributed by atoms with Crippen LogP contribution in [0.15, 0.2) is 69.1 Å². The number of aromatic nitrogens is 1. The molecule has 1 aliphatic rings. The Kier molecular flexibility index (Phi) is 8.07. The molecule has 1 aliphatic heterocycles. The van der Waals surface area contributed by atoms with Gasteiger partial charge in [-0.15, -0.1) is 6.58 Å². The number of hydrogen-bond acceptors (Lipinski definition) is 4. The zero-order valence-corrected chi connectivity index (χ0v) is 21.2. The minimum Gasteiger partial charge on any atom is -0.349 e. The molecule has 6 nitrogen and oxygen atoms in total. The predicted octanol–water partition coefficient (Wildman–Crippen LogP) is 4.66. The van der Waals surface area contributed by atoms with Crippen molar-refractivity contribution in [3.05, 3.63) is 69.9 Å². The number of benzene rings is 1. The van der Waals surface area contributed by atoms with Crippen LogP contribution < -0.4 is 5.32 Å². The van der Waals surface area contributed by atoms with Gasteiger partial charge < -0.3 is 5.32 Å². The maximum Gasteiger partial charge on any atom is 0.244 e. The third-order valence-electron chi connectivity index (χ3n) is 5.47. The first-order valence-electron chi connectivity index (χ1n) is 10.0. The van der Waals surface area contributed by atoms with E-state index < -0.39 is 16.1 Å². The van der Waals surface area contributed by atoms with Crippen LogP contribution in [-0.4, -0.2) is 35.7 Å². The fraction of sp³-hybridized carbons (Fsp3) is 0.364. The molecule has 0 aliphatic carbocycles. The van der Waals surface area contributed by atoms with E-state index in [4.69, 9.17) is 0 Å². The van der Waals surface area contributed by atoms with Crippen molar-refractivity contribution < 1.29 is 13.2 Å². The van der Waals surface area contributed by atoms with Crippen molar-refractivity contribution >= 4 is 47.8 Å². The summed E-state index contributed by atoms with van der Waals surface area (Å²) in [5.41, 5.74) is 0.716. The Morgan fingerprint density at radius 1 is 1.29 bits per heavy atom. The highest BCUT2D eigenvalue weighted by molar-refractivity contribution is 9.11. The predicted molar refractivity (Wildman–Crippen MR) is 128 cm³/mol. The summed E-state index contributed by atoms with van der Waals surface area (Å²) >= 11 is 6.73. The van der Waals surface area contributed by atoms with Crippen molar-refractivity contribution in [2.45, 2.75) is 49.7 Å². The second kappa shape index (κ2) is 10.4. The summed E-state index contributed by atoms with van der Waals surface area (Å²) in [4.78, 5) is 17.5. The van der Waals surface area contributed by atoms with Gasteiger partial charge in [0.2, 0.25) is 15.9 Å². The van der Waals surface area contributed by atoms with Gasteiger partial charge in [0.1, 0.15) is 6.04 Å². The van der Waals surface area contributed by atoms with Crippen LogP contribution in [0.5, 0.6) is 0 Å². The van der Waals surface area contributed by atoms with Crippen LogP contribution in [0, 0.1) is 5.92 Å². The Bertz CT molecular complexity index is 1030. The van der Waals surface area contributed by atoms with Gasteiger partial charge in [0.05, 0.1) is 17.1 Å². The molecule has 3 atom stereocenters. The van der Waals surface area contributed by atoms with Gasteiger partial charge in [-0.3, -0.25) is 9.78 Å². The second-order valence-corrected chi connectivity index (χ2v) is 11.3. The molecule has 1 N–H and O–H groups in total. The van der Waals surface area contributed by atoms with Crippen molar-refractivity contribution in [1.82, 2.24) is 14.6 Å². The minimum absolute atomic E-state index is 0.100. The standard InChI is InChI=1S/C22H25Br2N3O3S/c1-3-15(2)20-8-6-9-21(22(28)26-14-18-7-4-5-10-25-18)27(20)31(29,30)19-12-16(23)11-17(24)13-19/h3-5,7,10-13,15,20-21H,1,6,8-9,14H2,2H3,(H,26,28)/t15-,20+,21?/m1/s1. The van der Waals surface area contributed by atoms with Crippen LogP contribution >= 0.6 is 31.9 Å². The van der Waals surface area contributed by atoms with E-state index in [2.05, 4.69) is 48.7 Å². The molecule has 1 saturated heterocycles. The van der Waals surface area contributed by atoms with E-state index in [1.807, 2.05) is 19.1 Å². The Balaban J connectivity index is 1.96. The van der Waals surface area contributed by atoms with Crippen LogP contribution in [0.1, 0.15) is 31.9 Å². The zero-order valence-electron chi connectivity index (χ0n) is 17.2. The van der Waals surface area contributed by atoms with Crippen LogP contribution in [0.2, 0.25) is 0 Å². The van der Waals surface area contributed by atoms with E-state index in [9.17, 15) is 13.2 Å². The summed E-state index contributed by atoms with van der Waals surface area (Å²) in [6, 6.07) is 9.22. The molecule has 1 fully saturated rings. The number of hydrogen-bond donors (Lipinski definition) is 1. The number of pyridine rings is 1. The molecule has 3 rings (SSSR count). The first-order chi connectivity index (χ1) is 14.7. The van der Waals surface area contributed by atoms with Gasteiger partial charge in [0.25, 0.3) is 0 Å². The number of carbonyl (C=O) groups excluding carboxylic acids is 1. The van der Waals surface area contributed by atoms with E-state index >= 15 is 0 Å². The highest BCUT2D eigenvalue weighted by atomic mass is 79.9. The molecule has 9 heteroatoms. The average molecular weight is 571 g/mol. The highest BCUT2D eigenvalue weighted by Crippen LogP contribution is 2.35. The molecule has 0 radical (unpaired) electrons. The molecule has 1 aromatic carbocycles.